The normalized spacial score (nSPS) is 31.5. The van der Waals surface area contributed by atoms with Crippen molar-refractivity contribution in [2.75, 3.05) is 13.2 Å². The lowest BCUT2D eigenvalue weighted by Gasteiger charge is -2.33. The monoisotopic (exact) mass is 297 g/mol. The van der Waals surface area contributed by atoms with E-state index in [4.69, 9.17) is 4.74 Å². The molecule has 5 nitrogen and oxygen atoms in total. The summed E-state index contributed by atoms with van der Waals surface area (Å²) in [5.74, 6) is -0.425. The summed E-state index contributed by atoms with van der Waals surface area (Å²) in [6, 6.07) is -0.438. The third kappa shape index (κ3) is 3.07. The molecule has 1 saturated heterocycles. The van der Waals surface area contributed by atoms with Gasteiger partial charge >= 0.3 is 5.97 Å². The maximum Gasteiger partial charge on any atom is 0.313 e. The number of carboxylic acid groups (broad SMARTS) is 1. The number of rotatable bonds is 5. The zero-order chi connectivity index (χ0) is 15.7. The van der Waals surface area contributed by atoms with Crippen LogP contribution in [-0.2, 0) is 14.3 Å². The first kappa shape index (κ1) is 16.3. The molecule has 0 radical (unpaired) electrons. The van der Waals surface area contributed by atoms with Crippen LogP contribution >= 0.6 is 0 Å². The Morgan fingerprint density at radius 2 is 1.95 bits per heavy atom. The fraction of sp³-hybridized carbons (Fsp3) is 0.875. The predicted octanol–water partition coefficient (Wildman–Crippen LogP) is 2.20. The van der Waals surface area contributed by atoms with Crippen LogP contribution in [0.5, 0.6) is 0 Å². The molecule has 0 spiro atoms. The van der Waals surface area contributed by atoms with E-state index >= 15 is 0 Å². The van der Waals surface area contributed by atoms with Crippen molar-refractivity contribution >= 4 is 11.9 Å². The second kappa shape index (κ2) is 5.95. The molecule has 0 aromatic rings. The largest absolute Gasteiger partial charge is 0.481 e. The molecule has 2 N–H and O–H groups in total. The molecule has 120 valence electrons. The quantitative estimate of drug-likeness (QED) is 0.815. The highest BCUT2D eigenvalue weighted by Gasteiger charge is 2.50. The number of carboxylic acids is 1. The lowest BCUT2D eigenvalue weighted by Crippen LogP contribution is -2.53. The molecule has 2 aliphatic rings. The molecule has 21 heavy (non-hydrogen) atoms. The summed E-state index contributed by atoms with van der Waals surface area (Å²) in [6.07, 6.45) is 4.86. The molecule has 2 atom stereocenters. The molecule has 5 heteroatoms. The van der Waals surface area contributed by atoms with Crippen molar-refractivity contribution in [2.24, 2.45) is 16.7 Å². The van der Waals surface area contributed by atoms with E-state index in [1.807, 2.05) is 0 Å². The van der Waals surface area contributed by atoms with Gasteiger partial charge in [0.1, 0.15) is 5.41 Å². The van der Waals surface area contributed by atoms with E-state index in [-0.39, 0.29) is 24.5 Å². The number of carbonyl (C=O) groups is 2. The Morgan fingerprint density at radius 1 is 1.33 bits per heavy atom. The van der Waals surface area contributed by atoms with E-state index in [1.165, 1.54) is 0 Å². The predicted molar refractivity (Wildman–Crippen MR) is 78.8 cm³/mol. The molecule has 2 fully saturated rings. The summed E-state index contributed by atoms with van der Waals surface area (Å²) in [7, 11) is 0. The lowest BCUT2D eigenvalue weighted by atomic mass is 9.76. The van der Waals surface area contributed by atoms with Crippen LogP contribution in [0.2, 0.25) is 0 Å². The molecule has 1 amide bonds. The van der Waals surface area contributed by atoms with Crippen LogP contribution in [0, 0.1) is 16.7 Å². The smallest absolute Gasteiger partial charge is 0.313 e. The maximum absolute atomic E-state index is 12.8. The number of nitrogens with one attached hydrogen (secondary N) is 1. The van der Waals surface area contributed by atoms with E-state index in [9.17, 15) is 14.7 Å². The Morgan fingerprint density at radius 3 is 2.48 bits per heavy atom. The number of hydrogen-bond acceptors (Lipinski definition) is 3. The van der Waals surface area contributed by atoms with E-state index in [1.54, 1.807) is 6.92 Å². The number of amides is 1. The van der Waals surface area contributed by atoms with Gasteiger partial charge in [0.25, 0.3) is 0 Å². The fourth-order valence-corrected chi connectivity index (χ4v) is 3.75. The van der Waals surface area contributed by atoms with Crippen LogP contribution in [0.1, 0.15) is 52.9 Å². The Kier molecular flexibility index (Phi) is 4.61. The molecule has 1 saturated carbocycles. The van der Waals surface area contributed by atoms with E-state index in [0.29, 0.717) is 5.92 Å². The Bertz CT molecular complexity index is 415. The summed E-state index contributed by atoms with van der Waals surface area (Å²) < 4.78 is 5.32. The van der Waals surface area contributed by atoms with Crippen molar-refractivity contribution in [2.45, 2.75) is 58.9 Å². The lowest BCUT2D eigenvalue weighted by molar-refractivity contribution is -0.149. The second-order valence-corrected chi connectivity index (χ2v) is 7.35. The van der Waals surface area contributed by atoms with Crippen LogP contribution in [-0.4, -0.2) is 36.2 Å². The van der Waals surface area contributed by atoms with E-state index < -0.39 is 17.4 Å². The van der Waals surface area contributed by atoms with E-state index in [0.717, 1.165) is 32.1 Å². The van der Waals surface area contributed by atoms with Crippen molar-refractivity contribution in [3.05, 3.63) is 0 Å². The van der Waals surface area contributed by atoms with Gasteiger partial charge in [0, 0.05) is 5.41 Å². The molecule has 0 aromatic heterocycles. The molecule has 1 aliphatic carbocycles. The molecule has 1 heterocycles. The minimum Gasteiger partial charge on any atom is -0.481 e. The van der Waals surface area contributed by atoms with Gasteiger partial charge in [0.05, 0.1) is 19.3 Å². The highest BCUT2D eigenvalue weighted by atomic mass is 16.5. The van der Waals surface area contributed by atoms with Gasteiger partial charge in [-0.25, -0.2) is 0 Å². The van der Waals surface area contributed by atoms with Crippen molar-refractivity contribution in [3.63, 3.8) is 0 Å². The third-order valence-electron chi connectivity index (χ3n) is 5.09. The van der Waals surface area contributed by atoms with Gasteiger partial charge in [-0.15, -0.1) is 0 Å². The van der Waals surface area contributed by atoms with Gasteiger partial charge in [-0.2, -0.15) is 0 Å². The van der Waals surface area contributed by atoms with Crippen LogP contribution in [0.15, 0.2) is 0 Å². The standard InChI is InChI=1S/C16H27NO4/c1-11(2)8-16(6-4-5-7-16)13(18)17-12-9-21-10-15(12,3)14(19)20/h11-12H,4-10H2,1-3H3,(H,17,18)(H,19,20). The zero-order valence-corrected chi connectivity index (χ0v) is 13.3. The molecular formula is C16H27NO4. The highest BCUT2D eigenvalue weighted by molar-refractivity contribution is 5.85. The molecule has 2 unspecified atom stereocenters. The summed E-state index contributed by atoms with van der Waals surface area (Å²) in [6.45, 7) is 6.36. The minimum absolute atomic E-state index is 0.0247. The summed E-state index contributed by atoms with van der Waals surface area (Å²) in [5, 5.41) is 12.4. The van der Waals surface area contributed by atoms with Gasteiger partial charge < -0.3 is 15.2 Å². The summed E-state index contributed by atoms with van der Waals surface area (Å²) in [5.41, 5.74) is -1.33. The topological polar surface area (TPSA) is 75.6 Å². The van der Waals surface area contributed by atoms with E-state index in [2.05, 4.69) is 19.2 Å². The second-order valence-electron chi connectivity index (χ2n) is 7.35. The van der Waals surface area contributed by atoms with Crippen molar-refractivity contribution in [1.29, 1.82) is 0 Å². The van der Waals surface area contributed by atoms with Crippen LogP contribution in [0.3, 0.4) is 0 Å². The SMILES string of the molecule is CC(C)CC1(C(=O)NC2COCC2(C)C(=O)O)CCCC1. The average molecular weight is 297 g/mol. The first-order chi connectivity index (χ1) is 9.80. The van der Waals surface area contributed by atoms with Crippen LogP contribution < -0.4 is 5.32 Å². The average Bonchev–Trinajstić information content (AvgIpc) is 2.98. The molecule has 2 rings (SSSR count). The summed E-state index contributed by atoms with van der Waals surface area (Å²) >= 11 is 0. The molecule has 1 aliphatic heterocycles. The van der Waals surface area contributed by atoms with Gasteiger partial charge in [0.15, 0.2) is 0 Å². The molecular weight excluding hydrogens is 270 g/mol. The van der Waals surface area contributed by atoms with Crippen molar-refractivity contribution in [1.82, 2.24) is 5.32 Å². The molecule has 0 bridgehead atoms. The molecule has 0 aromatic carbocycles. The number of ether oxygens (including phenoxy) is 1. The minimum atomic E-state index is -1.02. The van der Waals surface area contributed by atoms with Crippen molar-refractivity contribution < 1.29 is 19.4 Å². The van der Waals surface area contributed by atoms with Crippen molar-refractivity contribution in [3.8, 4) is 0 Å². The first-order valence-electron chi connectivity index (χ1n) is 7.92. The number of aliphatic carboxylic acids is 1. The van der Waals surface area contributed by atoms with Gasteiger partial charge in [-0.3, -0.25) is 9.59 Å². The zero-order valence-electron chi connectivity index (χ0n) is 13.3. The third-order valence-corrected chi connectivity index (χ3v) is 5.09. The first-order valence-corrected chi connectivity index (χ1v) is 7.92. The highest BCUT2D eigenvalue weighted by Crippen LogP contribution is 2.44. The number of carbonyl (C=O) groups excluding carboxylic acids is 1. The Balaban J connectivity index is 2.10. The Labute approximate surface area is 126 Å². The Hall–Kier alpha value is -1.10. The van der Waals surface area contributed by atoms with Gasteiger partial charge in [0.2, 0.25) is 5.91 Å². The van der Waals surface area contributed by atoms with Crippen LogP contribution in [0.4, 0.5) is 0 Å². The van der Waals surface area contributed by atoms with Crippen LogP contribution in [0.25, 0.3) is 0 Å². The maximum atomic E-state index is 12.8. The van der Waals surface area contributed by atoms with Gasteiger partial charge in [-0.05, 0) is 32.1 Å². The van der Waals surface area contributed by atoms with Gasteiger partial charge in [-0.1, -0.05) is 26.7 Å². The summed E-state index contributed by atoms with van der Waals surface area (Å²) in [4.78, 5) is 24.3. The fourth-order valence-electron chi connectivity index (χ4n) is 3.75. The number of hydrogen-bond donors (Lipinski definition) is 2.